The van der Waals surface area contributed by atoms with E-state index in [2.05, 4.69) is 5.32 Å². The van der Waals surface area contributed by atoms with Gasteiger partial charge in [-0.25, -0.2) is 12.7 Å². The van der Waals surface area contributed by atoms with Gasteiger partial charge in [0, 0.05) is 19.1 Å². The van der Waals surface area contributed by atoms with Crippen molar-refractivity contribution in [1.82, 2.24) is 9.62 Å². The normalized spacial score (nSPS) is 20.6. The number of rotatable bonds is 3. The fourth-order valence-corrected chi connectivity index (χ4v) is 3.40. The van der Waals surface area contributed by atoms with Crippen molar-refractivity contribution < 1.29 is 13.2 Å². The van der Waals surface area contributed by atoms with Crippen LogP contribution >= 0.6 is 11.6 Å². The number of nitrogens with one attached hydrogen (secondary N) is 1. The lowest BCUT2D eigenvalue weighted by molar-refractivity contribution is 0.0921. The van der Waals surface area contributed by atoms with E-state index in [4.69, 9.17) is 11.6 Å². The largest absolute Gasteiger partial charge is 0.348 e. The van der Waals surface area contributed by atoms with Crippen LogP contribution in [0.2, 0.25) is 5.02 Å². The molecule has 0 bridgehead atoms. The molecule has 0 aliphatic carbocycles. The van der Waals surface area contributed by atoms with Crippen molar-refractivity contribution in [2.45, 2.75) is 18.9 Å². The molecule has 2 rings (SSSR count). The number of sulfonamides is 1. The van der Waals surface area contributed by atoms with Crippen molar-refractivity contribution in [2.75, 3.05) is 19.3 Å². The monoisotopic (exact) mass is 316 g/mol. The van der Waals surface area contributed by atoms with Gasteiger partial charge in [-0.15, -0.1) is 0 Å². The summed E-state index contributed by atoms with van der Waals surface area (Å²) in [6.07, 6.45) is 2.69. The van der Waals surface area contributed by atoms with Crippen molar-refractivity contribution in [3.63, 3.8) is 0 Å². The number of carbonyl (C=O) groups excluding carboxylic acids is 1. The molecule has 1 heterocycles. The number of benzene rings is 1. The van der Waals surface area contributed by atoms with Crippen molar-refractivity contribution >= 4 is 27.5 Å². The second-order valence-corrected chi connectivity index (χ2v) is 7.30. The predicted molar refractivity (Wildman–Crippen MR) is 78.4 cm³/mol. The van der Waals surface area contributed by atoms with Gasteiger partial charge >= 0.3 is 0 Å². The molecule has 1 saturated heterocycles. The molecular weight excluding hydrogens is 300 g/mol. The van der Waals surface area contributed by atoms with Gasteiger partial charge in [-0.3, -0.25) is 4.79 Å². The Labute approximate surface area is 124 Å². The minimum atomic E-state index is -3.21. The highest BCUT2D eigenvalue weighted by atomic mass is 35.5. The van der Waals surface area contributed by atoms with Crippen LogP contribution in [0.5, 0.6) is 0 Å². The third kappa shape index (κ3) is 3.71. The third-order valence-electron chi connectivity index (χ3n) is 3.31. The van der Waals surface area contributed by atoms with E-state index in [1.54, 1.807) is 24.3 Å². The Bertz CT molecular complexity index is 603. The summed E-state index contributed by atoms with van der Waals surface area (Å²) in [5, 5.41) is 3.24. The highest BCUT2D eigenvalue weighted by molar-refractivity contribution is 7.88. The van der Waals surface area contributed by atoms with Crippen LogP contribution in [0.25, 0.3) is 0 Å². The van der Waals surface area contributed by atoms with Crippen LogP contribution in [0.15, 0.2) is 24.3 Å². The zero-order valence-electron chi connectivity index (χ0n) is 11.2. The molecule has 1 aromatic carbocycles. The second kappa shape index (κ2) is 6.11. The average Bonchev–Trinajstić information content (AvgIpc) is 2.38. The topological polar surface area (TPSA) is 66.5 Å². The van der Waals surface area contributed by atoms with Crippen LogP contribution in [-0.2, 0) is 10.0 Å². The van der Waals surface area contributed by atoms with E-state index in [1.165, 1.54) is 10.6 Å². The van der Waals surface area contributed by atoms with Gasteiger partial charge in [0.2, 0.25) is 10.0 Å². The standard InChI is InChI=1S/C13H17ClN2O3S/c1-20(18,19)16-8-4-5-10(9-16)15-13(17)11-6-2-3-7-12(11)14/h2-3,6-7,10H,4-5,8-9H2,1H3,(H,15,17). The van der Waals surface area contributed by atoms with E-state index in [-0.39, 0.29) is 11.9 Å². The summed E-state index contributed by atoms with van der Waals surface area (Å²) in [7, 11) is -3.21. The number of piperidine rings is 1. The summed E-state index contributed by atoms with van der Waals surface area (Å²) in [6.45, 7) is 0.826. The van der Waals surface area contributed by atoms with Gasteiger partial charge in [0.25, 0.3) is 5.91 Å². The van der Waals surface area contributed by atoms with Crippen LogP contribution in [-0.4, -0.2) is 44.0 Å². The van der Waals surface area contributed by atoms with E-state index in [1.807, 2.05) is 0 Å². The van der Waals surface area contributed by atoms with E-state index in [0.717, 1.165) is 12.8 Å². The zero-order valence-corrected chi connectivity index (χ0v) is 12.7. The molecule has 0 saturated carbocycles. The summed E-state index contributed by atoms with van der Waals surface area (Å²) in [4.78, 5) is 12.1. The lowest BCUT2D eigenvalue weighted by Gasteiger charge is -2.31. The Morgan fingerprint density at radius 3 is 2.75 bits per heavy atom. The molecule has 7 heteroatoms. The fourth-order valence-electron chi connectivity index (χ4n) is 2.27. The molecule has 0 spiro atoms. The van der Waals surface area contributed by atoms with Crippen molar-refractivity contribution in [2.24, 2.45) is 0 Å². The molecule has 1 aromatic rings. The summed E-state index contributed by atoms with van der Waals surface area (Å²) < 4.78 is 24.5. The van der Waals surface area contributed by atoms with Crippen LogP contribution < -0.4 is 5.32 Å². The Balaban J connectivity index is 2.03. The molecule has 110 valence electrons. The van der Waals surface area contributed by atoms with Gasteiger partial charge in [0.05, 0.1) is 16.8 Å². The molecule has 1 unspecified atom stereocenters. The molecule has 0 radical (unpaired) electrons. The fraction of sp³-hybridized carbons (Fsp3) is 0.462. The minimum Gasteiger partial charge on any atom is -0.348 e. The maximum atomic E-state index is 12.1. The summed E-state index contributed by atoms with van der Waals surface area (Å²) in [5.41, 5.74) is 0.408. The molecule has 1 atom stereocenters. The maximum Gasteiger partial charge on any atom is 0.253 e. The number of hydrogen-bond donors (Lipinski definition) is 1. The molecule has 1 aliphatic heterocycles. The number of halogens is 1. The molecule has 1 N–H and O–H groups in total. The van der Waals surface area contributed by atoms with Gasteiger partial charge in [-0.05, 0) is 25.0 Å². The van der Waals surface area contributed by atoms with Crippen LogP contribution in [0.3, 0.4) is 0 Å². The predicted octanol–water partition coefficient (Wildman–Crippen LogP) is 1.49. The van der Waals surface area contributed by atoms with Gasteiger partial charge in [0.15, 0.2) is 0 Å². The quantitative estimate of drug-likeness (QED) is 0.919. The van der Waals surface area contributed by atoms with E-state index < -0.39 is 10.0 Å². The Hall–Kier alpha value is -1.11. The summed E-state index contributed by atoms with van der Waals surface area (Å²) >= 11 is 5.97. The number of carbonyl (C=O) groups is 1. The molecule has 1 amide bonds. The Morgan fingerprint density at radius 1 is 1.40 bits per heavy atom. The minimum absolute atomic E-state index is 0.178. The third-order valence-corrected chi connectivity index (χ3v) is 4.91. The lowest BCUT2D eigenvalue weighted by Crippen LogP contribution is -2.49. The maximum absolute atomic E-state index is 12.1. The first-order valence-electron chi connectivity index (χ1n) is 6.38. The summed E-state index contributed by atoms with van der Waals surface area (Å²) in [6, 6.07) is 6.62. The van der Waals surface area contributed by atoms with Crippen molar-refractivity contribution in [3.05, 3.63) is 34.9 Å². The van der Waals surface area contributed by atoms with Crippen molar-refractivity contribution in [3.8, 4) is 0 Å². The van der Waals surface area contributed by atoms with E-state index in [9.17, 15) is 13.2 Å². The van der Waals surface area contributed by atoms with Crippen molar-refractivity contribution in [1.29, 1.82) is 0 Å². The highest BCUT2D eigenvalue weighted by Gasteiger charge is 2.27. The van der Waals surface area contributed by atoms with Crippen LogP contribution in [0.4, 0.5) is 0 Å². The average molecular weight is 317 g/mol. The Kier molecular flexibility index (Phi) is 4.67. The first-order valence-corrected chi connectivity index (χ1v) is 8.61. The number of amides is 1. The van der Waals surface area contributed by atoms with Gasteiger partial charge in [0.1, 0.15) is 0 Å². The SMILES string of the molecule is CS(=O)(=O)N1CCCC(NC(=O)c2ccccc2Cl)C1. The molecule has 1 fully saturated rings. The lowest BCUT2D eigenvalue weighted by atomic mass is 10.1. The smallest absolute Gasteiger partial charge is 0.253 e. The van der Waals surface area contributed by atoms with Gasteiger partial charge < -0.3 is 5.32 Å². The molecule has 20 heavy (non-hydrogen) atoms. The van der Waals surface area contributed by atoms with Crippen LogP contribution in [0.1, 0.15) is 23.2 Å². The van der Waals surface area contributed by atoms with Gasteiger partial charge in [-0.1, -0.05) is 23.7 Å². The van der Waals surface area contributed by atoms with Gasteiger partial charge in [-0.2, -0.15) is 0 Å². The number of nitrogens with zero attached hydrogens (tertiary/aromatic N) is 1. The first kappa shape index (κ1) is 15.3. The number of hydrogen-bond acceptors (Lipinski definition) is 3. The second-order valence-electron chi connectivity index (χ2n) is 4.91. The first-order chi connectivity index (χ1) is 9.38. The zero-order chi connectivity index (χ0) is 14.8. The molecule has 5 nitrogen and oxygen atoms in total. The molecule has 1 aliphatic rings. The molecular formula is C13H17ClN2O3S. The highest BCUT2D eigenvalue weighted by Crippen LogP contribution is 2.17. The van der Waals surface area contributed by atoms with E-state index in [0.29, 0.717) is 23.7 Å². The Morgan fingerprint density at radius 2 is 2.10 bits per heavy atom. The molecule has 0 aromatic heterocycles. The summed E-state index contributed by atoms with van der Waals surface area (Å²) in [5.74, 6) is -0.268. The van der Waals surface area contributed by atoms with E-state index >= 15 is 0 Å². The van der Waals surface area contributed by atoms with Crippen LogP contribution in [0, 0.1) is 0 Å².